The average molecular weight is 254 g/mol. The van der Waals surface area contributed by atoms with Crippen molar-refractivity contribution in [3.8, 4) is 11.1 Å². The molecule has 0 spiro atoms. The van der Waals surface area contributed by atoms with Crippen LogP contribution in [0.1, 0.15) is 5.56 Å². The van der Waals surface area contributed by atoms with Gasteiger partial charge in [-0.1, -0.05) is 23.7 Å². The summed E-state index contributed by atoms with van der Waals surface area (Å²) in [7, 11) is 0. The Morgan fingerprint density at radius 3 is 2.47 bits per heavy atom. The maximum absolute atomic E-state index is 13.9. The molecule has 0 bridgehead atoms. The number of halogens is 3. The van der Waals surface area contributed by atoms with E-state index in [0.717, 1.165) is 0 Å². The summed E-state index contributed by atoms with van der Waals surface area (Å²) in [5.41, 5.74) is 6.55. The predicted molar refractivity (Wildman–Crippen MR) is 66.0 cm³/mol. The molecule has 0 unspecified atom stereocenters. The van der Waals surface area contributed by atoms with Gasteiger partial charge in [-0.3, -0.25) is 0 Å². The first-order valence-electron chi connectivity index (χ1n) is 5.00. The highest BCUT2D eigenvalue weighted by Crippen LogP contribution is 2.33. The Morgan fingerprint density at radius 1 is 1.12 bits per heavy atom. The van der Waals surface area contributed by atoms with Crippen LogP contribution in [0.3, 0.4) is 0 Å². The molecule has 0 amide bonds. The second kappa shape index (κ2) is 4.34. The van der Waals surface area contributed by atoms with E-state index >= 15 is 0 Å². The van der Waals surface area contributed by atoms with Crippen LogP contribution in [0.5, 0.6) is 0 Å². The zero-order valence-electron chi connectivity index (χ0n) is 9.10. The number of rotatable bonds is 1. The number of nitrogens with two attached hydrogens (primary N) is 1. The van der Waals surface area contributed by atoms with Gasteiger partial charge in [0.25, 0.3) is 0 Å². The second-order valence-corrected chi connectivity index (χ2v) is 4.22. The van der Waals surface area contributed by atoms with Crippen LogP contribution >= 0.6 is 11.6 Å². The molecule has 2 rings (SSSR count). The van der Waals surface area contributed by atoms with Gasteiger partial charge in [0, 0.05) is 16.3 Å². The van der Waals surface area contributed by atoms with E-state index in [9.17, 15) is 8.78 Å². The van der Waals surface area contributed by atoms with Gasteiger partial charge in [-0.05, 0) is 30.7 Å². The molecule has 2 aromatic rings. The summed E-state index contributed by atoms with van der Waals surface area (Å²) in [5.74, 6) is -1.24. The Balaban J connectivity index is 2.72. The van der Waals surface area contributed by atoms with Crippen molar-refractivity contribution in [3.05, 3.63) is 52.6 Å². The van der Waals surface area contributed by atoms with Crippen LogP contribution in [0.4, 0.5) is 14.5 Å². The molecule has 0 heterocycles. The molecule has 0 radical (unpaired) electrons. The largest absolute Gasteiger partial charge is 0.398 e. The quantitative estimate of drug-likeness (QED) is 0.758. The van der Waals surface area contributed by atoms with Gasteiger partial charge in [0.1, 0.15) is 11.6 Å². The lowest BCUT2D eigenvalue weighted by atomic mass is 10.0. The third-order valence-electron chi connectivity index (χ3n) is 2.57. The Hall–Kier alpha value is -1.61. The molecule has 0 atom stereocenters. The second-order valence-electron chi connectivity index (χ2n) is 3.78. The number of nitrogen functional groups attached to an aromatic ring is 1. The van der Waals surface area contributed by atoms with Gasteiger partial charge in [0.05, 0.1) is 5.56 Å². The third kappa shape index (κ3) is 2.11. The van der Waals surface area contributed by atoms with E-state index in [2.05, 4.69) is 0 Å². The monoisotopic (exact) mass is 253 g/mol. The SMILES string of the molecule is Cc1ccc(F)c(-c2ccc(Cl)cc2N)c1F. The van der Waals surface area contributed by atoms with Crippen molar-refractivity contribution < 1.29 is 8.78 Å². The predicted octanol–water partition coefficient (Wildman–Crippen LogP) is 4.18. The lowest BCUT2D eigenvalue weighted by Crippen LogP contribution is -1.97. The van der Waals surface area contributed by atoms with Crippen molar-refractivity contribution in [2.45, 2.75) is 6.92 Å². The highest BCUT2D eigenvalue weighted by molar-refractivity contribution is 6.31. The normalized spacial score (nSPS) is 10.6. The van der Waals surface area contributed by atoms with Gasteiger partial charge in [-0.2, -0.15) is 0 Å². The minimum absolute atomic E-state index is 0.112. The molecule has 0 aromatic heterocycles. The van der Waals surface area contributed by atoms with E-state index in [0.29, 0.717) is 16.1 Å². The lowest BCUT2D eigenvalue weighted by molar-refractivity contribution is 0.584. The van der Waals surface area contributed by atoms with Crippen molar-refractivity contribution in [3.63, 3.8) is 0 Å². The van der Waals surface area contributed by atoms with Gasteiger partial charge in [-0.15, -0.1) is 0 Å². The molecular formula is C13H10ClF2N. The first-order valence-corrected chi connectivity index (χ1v) is 5.38. The lowest BCUT2D eigenvalue weighted by Gasteiger charge is -2.10. The molecule has 1 nitrogen and oxygen atoms in total. The summed E-state index contributed by atoms with van der Waals surface area (Å²) < 4.78 is 27.6. The van der Waals surface area contributed by atoms with Crippen molar-refractivity contribution in [2.75, 3.05) is 5.73 Å². The molecule has 4 heteroatoms. The number of hydrogen-bond acceptors (Lipinski definition) is 1. The van der Waals surface area contributed by atoms with E-state index in [-0.39, 0.29) is 11.3 Å². The van der Waals surface area contributed by atoms with E-state index in [4.69, 9.17) is 17.3 Å². The van der Waals surface area contributed by atoms with Crippen molar-refractivity contribution in [1.29, 1.82) is 0 Å². The van der Waals surface area contributed by atoms with Crippen LogP contribution in [-0.4, -0.2) is 0 Å². The van der Waals surface area contributed by atoms with Gasteiger partial charge in [0.15, 0.2) is 0 Å². The molecule has 0 aliphatic carbocycles. The minimum atomic E-state index is -0.637. The van der Waals surface area contributed by atoms with E-state index in [1.54, 1.807) is 13.0 Å². The maximum Gasteiger partial charge on any atom is 0.136 e. The standard InChI is InChI=1S/C13H10ClF2N/c1-7-2-5-10(15)12(13(7)16)9-4-3-8(14)6-11(9)17/h2-6H,17H2,1H3. The number of aryl methyl sites for hydroxylation is 1. The van der Waals surface area contributed by atoms with Crippen molar-refractivity contribution >= 4 is 17.3 Å². The number of hydrogen-bond donors (Lipinski definition) is 1. The van der Waals surface area contributed by atoms with Gasteiger partial charge >= 0.3 is 0 Å². The maximum atomic E-state index is 13.9. The molecule has 0 aliphatic heterocycles. The fourth-order valence-corrected chi connectivity index (χ4v) is 1.85. The van der Waals surface area contributed by atoms with Crippen LogP contribution in [0.25, 0.3) is 11.1 Å². The van der Waals surface area contributed by atoms with Crippen LogP contribution in [-0.2, 0) is 0 Å². The molecule has 0 aliphatic rings. The highest BCUT2D eigenvalue weighted by atomic mass is 35.5. The Kier molecular flexibility index (Phi) is 3.03. The Bertz CT molecular complexity index is 582. The van der Waals surface area contributed by atoms with Gasteiger partial charge in [0.2, 0.25) is 0 Å². The summed E-state index contributed by atoms with van der Waals surface area (Å²) in [5, 5.41) is 0.430. The highest BCUT2D eigenvalue weighted by Gasteiger charge is 2.15. The van der Waals surface area contributed by atoms with Crippen molar-refractivity contribution in [2.24, 2.45) is 0 Å². The minimum Gasteiger partial charge on any atom is -0.398 e. The summed E-state index contributed by atoms with van der Waals surface area (Å²) in [4.78, 5) is 0. The zero-order valence-corrected chi connectivity index (χ0v) is 9.85. The van der Waals surface area contributed by atoms with E-state index < -0.39 is 11.6 Å². The first kappa shape index (κ1) is 11.9. The van der Waals surface area contributed by atoms with Crippen molar-refractivity contribution in [1.82, 2.24) is 0 Å². The Labute approximate surface area is 103 Å². The zero-order chi connectivity index (χ0) is 12.6. The van der Waals surface area contributed by atoms with Crippen LogP contribution in [0, 0.1) is 18.6 Å². The molecule has 17 heavy (non-hydrogen) atoms. The van der Waals surface area contributed by atoms with E-state index in [1.807, 2.05) is 0 Å². The fourth-order valence-electron chi connectivity index (χ4n) is 1.66. The topological polar surface area (TPSA) is 26.0 Å². The van der Waals surface area contributed by atoms with Gasteiger partial charge in [-0.25, -0.2) is 8.78 Å². The average Bonchev–Trinajstić information content (AvgIpc) is 2.27. The molecule has 2 N–H and O–H groups in total. The summed E-state index contributed by atoms with van der Waals surface area (Å²) in [6.45, 7) is 1.57. The number of anilines is 1. The van der Waals surface area contributed by atoms with Gasteiger partial charge < -0.3 is 5.73 Å². The fraction of sp³-hybridized carbons (Fsp3) is 0.0769. The van der Waals surface area contributed by atoms with Crippen LogP contribution < -0.4 is 5.73 Å². The van der Waals surface area contributed by atoms with Crippen LogP contribution in [0.2, 0.25) is 5.02 Å². The number of benzene rings is 2. The smallest absolute Gasteiger partial charge is 0.136 e. The summed E-state index contributed by atoms with van der Waals surface area (Å²) in [6.07, 6.45) is 0. The first-order chi connectivity index (χ1) is 8.00. The van der Waals surface area contributed by atoms with E-state index in [1.165, 1.54) is 24.3 Å². The molecule has 2 aromatic carbocycles. The summed E-state index contributed by atoms with van der Waals surface area (Å²) >= 11 is 5.75. The molecule has 0 fully saturated rings. The molecule has 0 saturated carbocycles. The Morgan fingerprint density at radius 2 is 1.82 bits per heavy atom. The van der Waals surface area contributed by atoms with Crippen LogP contribution in [0.15, 0.2) is 30.3 Å². The summed E-state index contributed by atoms with van der Waals surface area (Å²) in [6, 6.07) is 7.15. The molecule has 0 saturated heterocycles. The molecular weight excluding hydrogens is 244 g/mol. The molecule has 88 valence electrons. The third-order valence-corrected chi connectivity index (χ3v) is 2.80.